The maximum atomic E-state index is 10.4. The molecule has 4 aliphatic carbocycles. The molecule has 30 heavy (non-hydrogen) atoms. The number of fused-ring (bicyclic) bond motifs is 5. The van der Waals surface area contributed by atoms with Gasteiger partial charge in [0.1, 0.15) is 0 Å². The Bertz CT molecular complexity index is 594. The summed E-state index contributed by atoms with van der Waals surface area (Å²) < 4.78 is 0. The van der Waals surface area contributed by atoms with E-state index in [1.54, 1.807) is 0 Å². The lowest BCUT2D eigenvalue weighted by Gasteiger charge is -2.61. The van der Waals surface area contributed by atoms with Gasteiger partial charge in [-0.2, -0.15) is 0 Å². The molecule has 0 spiro atoms. The predicted octanol–water partition coefficient (Wildman–Crippen LogP) is 6.97. The number of aliphatic hydroxyl groups excluding tert-OH is 2. The Hall–Kier alpha value is -0.0800. The summed E-state index contributed by atoms with van der Waals surface area (Å²) in [6, 6.07) is 0. The van der Waals surface area contributed by atoms with Crippen LogP contribution >= 0.6 is 0 Å². The minimum atomic E-state index is -0.162. The van der Waals surface area contributed by atoms with Crippen molar-refractivity contribution in [2.24, 2.45) is 45.8 Å². The summed E-state index contributed by atoms with van der Waals surface area (Å²) in [5, 5.41) is 20.6. The molecule has 4 saturated carbocycles. The van der Waals surface area contributed by atoms with E-state index in [-0.39, 0.29) is 17.6 Å². The Morgan fingerprint density at radius 1 is 0.867 bits per heavy atom. The molecule has 4 aliphatic rings. The number of unbranched alkanes of at least 4 members (excludes halogenated alkanes) is 1. The van der Waals surface area contributed by atoms with Gasteiger partial charge in [0, 0.05) is 0 Å². The molecule has 0 saturated heterocycles. The highest BCUT2D eigenvalue weighted by Crippen LogP contribution is 2.67. The van der Waals surface area contributed by atoms with Gasteiger partial charge in [0.2, 0.25) is 0 Å². The molecule has 0 aliphatic heterocycles. The van der Waals surface area contributed by atoms with Crippen LogP contribution in [0.2, 0.25) is 0 Å². The second kappa shape index (κ2) is 8.36. The van der Waals surface area contributed by atoms with E-state index >= 15 is 0 Å². The molecule has 0 amide bonds. The fourth-order valence-corrected chi connectivity index (χ4v) is 8.98. The van der Waals surface area contributed by atoms with E-state index < -0.39 is 0 Å². The normalized spacial score (nSPS) is 47.3. The smallest absolute Gasteiger partial charge is 0.0588 e. The minimum absolute atomic E-state index is 0.0208. The van der Waals surface area contributed by atoms with Crippen LogP contribution in [0.1, 0.15) is 118 Å². The highest BCUT2D eigenvalue weighted by atomic mass is 16.3. The van der Waals surface area contributed by atoms with Crippen LogP contribution in [0.3, 0.4) is 0 Å². The van der Waals surface area contributed by atoms with Crippen molar-refractivity contribution in [2.45, 2.75) is 130 Å². The number of hydrogen-bond acceptors (Lipinski definition) is 2. The summed E-state index contributed by atoms with van der Waals surface area (Å²) >= 11 is 0. The van der Waals surface area contributed by atoms with Crippen LogP contribution in [0.15, 0.2) is 0 Å². The Balaban J connectivity index is 1.36. The van der Waals surface area contributed by atoms with E-state index in [0.717, 1.165) is 48.9 Å². The van der Waals surface area contributed by atoms with Crippen LogP contribution < -0.4 is 0 Å². The number of rotatable bonds is 5. The van der Waals surface area contributed by atoms with Gasteiger partial charge in [0.25, 0.3) is 0 Å². The first-order valence-electron chi connectivity index (χ1n) is 13.4. The van der Waals surface area contributed by atoms with E-state index in [1.807, 2.05) is 0 Å². The number of hydrogen-bond donors (Lipinski definition) is 2. The molecule has 0 radical (unpaired) electrons. The van der Waals surface area contributed by atoms with Gasteiger partial charge >= 0.3 is 0 Å². The van der Waals surface area contributed by atoms with Crippen LogP contribution in [0, 0.1) is 45.8 Å². The van der Waals surface area contributed by atoms with Gasteiger partial charge in [-0.15, -0.1) is 0 Å². The number of aliphatic hydroxyl groups is 2. The quantitative estimate of drug-likeness (QED) is 0.473. The van der Waals surface area contributed by atoms with Gasteiger partial charge in [-0.25, -0.2) is 0 Å². The monoisotopic (exact) mass is 418 g/mol. The average molecular weight is 419 g/mol. The SMILES string of the molecule is CC(C)(C)C(O)CCCC[C@H]1CCC2C3CCC4CC(O)CCC4(C)C3CCC21C. The van der Waals surface area contributed by atoms with Crippen molar-refractivity contribution in [3.8, 4) is 0 Å². The lowest BCUT2D eigenvalue weighted by atomic mass is 9.44. The van der Waals surface area contributed by atoms with Crippen molar-refractivity contribution >= 4 is 0 Å². The Labute approximate surface area is 186 Å². The average Bonchev–Trinajstić information content (AvgIpc) is 3.01. The van der Waals surface area contributed by atoms with Gasteiger partial charge in [0.15, 0.2) is 0 Å². The second-order valence-corrected chi connectivity index (χ2v) is 13.6. The Kier molecular flexibility index (Phi) is 6.44. The van der Waals surface area contributed by atoms with E-state index in [9.17, 15) is 10.2 Å². The maximum absolute atomic E-state index is 10.4. The van der Waals surface area contributed by atoms with Crippen molar-refractivity contribution in [2.75, 3.05) is 0 Å². The fraction of sp³-hybridized carbons (Fsp3) is 1.00. The lowest BCUT2D eigenvalue weighted by molar-refractivity contribution is -0.127. The third-order valence-corrected chi connectivity index (χ3v) is 11.1. The zero-order valence-electron chi connectivity index (χ0n) is 20.6. The third kappa shape index (κ3) is 4.02. The van der Waals surface area contributed by atoms with Crippen LogP contribution in [0.5, 0.6) is 0 Å². The first-order chi connectivity index (χ1) is 14.1. The second-order valence-electron chi connectivity index (χ2n) is 13.6. The van der Waals surface area contributed by atoms with Crippen molar-refractivity contribution < 1.29 is 10.2 Å². The van der Waals surface area contributed by atoms with Crippen molar-refractivity contribution in [1.82, 2.24) is 0 Å². The molecule has 0 bridgehead atoms. The van der Waals surface area contributed by atoms with E-state index in [2.05, 4.69) is 34.6 Å². The van der Waals surface area contributed by atoms with E-state index in [0.29, 0.717) is 10.8 Å². The van der Waals surface area contributed by atoms with Gasteiger partial charge < -0.3 is 10.2 Å². The van der Waals surface area contributed by atoms with Crippen molar-refractivity contribution in [3.05, 3.63) is 0 Å². The predicted molar refractivity (Wildman–Crippen MR) is 125 cm³/mol. The van der Waals surface area contributed by atoms with Crippen LogP contribution in [-0.2, 0) is 0 Å². The Morgan fingerprint density at radius 2 is 1.57 bits per heavy atom. The zero-order chi connectivity index (χ0) is 21.7. The summed E-state index contributed by atoms with van der Waals surface area (Å²) in [4.78, 5) is 0. The summed E-state index contributed by atoms with van der Waals surface area (Å²) in [5.74, 6) is 4.51. The van der Waals surface area contributed by atoms with Crippen LogP contribution in [-0.4, -0.2) is 22.4 Å². The molecule has 4 fully saturated rings. The minimum Gasteiger partial charge on any atom is -0.393 e. The van der Waals surface area contributed by atoms with Crippen LogP contribution in [0.4, 0.5) is 0 Å². The molecule has 0 aromatic heterocycles. The topological polar surface area (TPSA) is 40.5 Å². The fourth-order valence-electron chi connectivity index (χ4n) is 8.98. The molecule has 9 atom stereocenters. The van der Waals surface area contributed by atoms with E-state index in [1.165, 1.54) is 64.2 Å². The lowest BCUT2D eigenvalue weighted by Crippen LogP contribution is -2.53. The molecule has 4 rings (SSSR count). The van der Waals surface area contributed by atoms with Gasteiger partial charge in [-0.05, 0) is 116 Å². The molecule has 174 valence electrons. The zero-order valence-corrected chi connectivity index (χ0v) is 20.6. The molecular formula is C28H50O2. The maximum Gasteiger partial charge on any atom is 0.0588 e. The first kappa shape index (κ1) is 23.1. The van der Waals surface area contributed by atoms with Crippen molar-refractivity contribution in [3.63, 3.8) is 0 Å². The molecule has 8 unspecified atom stereocenters. The van der Waals surface area contributed by atoms with Gasteiger partial charge in [-0.3, -0.25) is 0 Å². The van der Waals surface area contributed by atoms with E-state index in [4.69, 9.17) is 0 Å². The summed E-state index contributed by atoms with van der Waals surface area (Å²) in [7, 11) is 0. The standard InChI is InChI=1S/C28H50O2/c1-26(2,3)25(30)9-7-6-8-19-11-13-23-22-12-10-20-18-21(29)14-16-28(20,5)24(22)15-17-27(19,23)4/h19-25,29-30H,6-18H2,1-5H3/t19-,20?,21?,22?,23?,24?,25?,27?,28?/m0/s1. The molecular weight excluding hydrogens is 368 g/mol. The molecule has 2 heteroatoms. The highest BCUT2D eigenvalue weighted by Gasteiger charge is 2.59. The summed E-state index contributed by atoms with van der Waals surface area (Å²) in [6.45, 7) is 11.7. The summed E-state index contributed by atoms with van der Waals surface area (Å²) in [6.07, 6.45) is 16.6. The Morgan fingerprint density at radius 3 is 2.30 bits per heavy atom. The highest BCUT2D eigenvalue weighted by molar-refractivity contribution is 5.09. The van der Waals surface area contributed by atoms with Crippen LogP contribution in [0.25, 0.3) is 0 Å². The largest absolute Gasteiger partial charge is 0.393 e. The van der Waals surface area contributed by atoms with Gasteiger partial charge in [-0.1, -0.05) is 47.5 Å². The molecule has 0 heterocycles. The van der Waals surface area contributed by atoms with Crippen molar-refractivity contribution in [1.29, 1.82) is 0 Å². The molecule has 0 aromatic rings. The molecule has 2 nitrogen and oxygen atoms in total. The first-order valence-corrected chi connectivity index (χ1v) is 13.4. The summed E-state index contributed by atoms with van der Waals surface area (Å²) in [5.41, 5.74) is 1.10. The van der Waals surface area contributed by atoms with Gasteiger partial charge in [0.05, 0.1) is 12.2 Å². The molecule has 0 aromatic carbocycles. The molecule has 2 N–H and O–H groups in total. The third-order valence-electron chi connectivity index (χ3n) is 11.1.